The smallest absolute Gasteiger partial charge is 0.268 e. The Kier molecular flexibility index (Phi) is 5.12. The molecule has 2 aromatic heterocycles. The summed E-state index contributed by atoms with van der Waals surface area (Å²) in [7, 11) is 0. The van der Waals surface area contributed by atoms with Crippen LogP contribution in [0.4, 0.5) is 10.8 Å². The molecule has 1 aromatic carbocycles. The highest BCUT2D eigenvalue weighted by Gasteiger charge is 2.26. The van der Waals surface area contributed by atoms with Gasteiger partial charge in [0.25, 0.3) is 5.91 Å². The number of benzene rings is 1. The standard InChI is InChI=1S/C20H20N4O3S/c21-18(25)16-12-28-20(23-16)24-8-6-13(7-9-24)19(26)22-15-4-1-3-14(11-15)17-5-2-10-27-17/h1-5,10-13H,6-9H2,(H2,21,25)(H,22,26). The second-order valence-corrected chi connectivity index (χ2v) is 7.52. The Balaban J connectivity index is 1.35. The molecule has 2 amide bonds. The van der Waals surface area contributed by atoms with Crippen LogP contribution in [0.2, 0.25) is 0 Å². The maximum Gasteiger partial charge on any atom is 0.268 e. The van der Waals surface area contributed by atoms with Crippen molar-refractivity contribution in [3.8, 4) is 11.3 Å². The van der Waals surface area contributed by atoms with Crippen molar-refractivity contribution in [1.29, 1.82) is 0 Å². The van der Waals surface area contributed by atoms with Crippen molar-refractivity contribution in [3.63, 3.8) is 0 Å². The Labute approximate surface area is 166 Å². The van der Waals surface area contributed by atoms with Crippen LogP contribution in [0.15, 0.2) is 52.5 Å². The number of hydrogen-bond donors (Lipinski definition) is 2. The normalized spacial score (nSPS) is 14.8. The van der Waals surface area contributed by atoms with Crippen molar-refractivity contribution in [3.05, 3.63) is 53.7 Å². The number of nitrogens with two attached hydrogens (primary N) is 1. The first-order valence-electron chi connectivity index (χ1n) is 9.05. The van der Waals surface area contributed by atoms with E-state index in [9.17, 15) is 9.59 Å². The van der Waals surface area contributed by atoms with Crippen molar-refractivity contribution in [2.75, 3.05) is 23.3 Å². The monoisotopic (exact) mass is 396 g/mol. The van der Waals surface area contributed by atoms with Crippen molar-refractivity contribution in [1.82, 2.24) is 4.98 Å². The predicted molar refractivity (Wildman–Crippen MR) is 108 cm³/mol. The number of amides is 2. The van der Waals surface area contributed by atoms with Crippen LogP contribution >= 0.6 is 11.3 Å². The molecule has 144 valence electrons. The van der Waals surface area contributed by atoms with Crippen LogP contribution in [-0.2, 0) is 4.79 Å². The highest BCUT2D eigenvalue weighted by molar-refractivity contribution is 7.13. The Morgan fingerprint density at radius 2 is 2.04 bits per heavy atom. The van der Waals surface area contributed by atoms with Gasteiger partial charge in [0, 0.05) is 35.6 Å². The van der Waals surface area contributed by atoms with Gasteiger partial charge < -0.3 is 20.4 Å². The fourth-order valence-corrected chi connectivity index (χ4v) is 4.16. The number of hydrogen-bond acceptors (Lipinski definition) is 6. The third-order valence-electron chi connectivity index (χ3n) is 4.82. The Morgan fingerprint density at radius 3 is 2.71 bits per heavy atom. The fourth-order valence-electron chi connectivity index (χ4n) is 3.29. The average Bonchev–Trinajstić information content (AvgIpc) is 3.40. The summed E-state index contributed by atoms with van der Waals surface area (Å²) >= 11 is 1.40. The molecule has 1 aliphatic rings. The molecule has 1 aliphatic heterocycles. The van der Waals surface area contributed by atoms with Crippen LogP contribution in [0.1, 0.15) is 23.3 Å². The minimum Gasteiger partial charge on any atom is -0.464 e. The number of primary amides is 1. The number of aromatic nitrogens is 1. The fraction of sp³-hybridized carbons (Fsp3) is 0.250. The largest absolute Gasteiger partial charge is 0.464 e. The van der Waals surface area contributed by atoms with Crippen molar-refractivity contribution < 1.29 is 14.0 Å². The van der Waals surface area contributed by atoms with E-state index in [0.717, 1.165) is 48.1 Å². The molecule has 0 atom stereocenters. The van der Waals surface area contributed by atoms with Gasteiger partial charge >= 0.3 is 0 Å². The molecule has 1 saturated heterocycles. The van der Waals surface area contributed by atoms with E-state index < -0.39 is 5.91 Å². The molecular formula is C20H20N4O3S. The first-order valence-corrected chi connectivity index (χ1v) is 9.93. The van der Waals surface area contributed by atoms with Gasteiger partial charge in [-0.2, -0.15) is 0 Å². The first kappa shape index (κ1) is 18.2. The SMILES string of the molecule is NC(=O)c1csc(N2CCC(C(=O)Nc3cccc(-c4ccco4)c3)CC2)n1. The molecule has 0 unspecified atom stereocenters. The molecule has 28 heavy (non-hydrogen) atoms. The minimum absolute atomic E-state index is 0.0215. The van der Waals surface area contributed by atoms with E-state index >= 15 is 0 Å². The second kappa shape index (κ2) is 7.85. The highest BCUT2D eigenvalue weighted by Crippen LogP contribution is 2.28. The summed E-state index contributed by atoms with van der Waals surface area (Å²) < 4.78 is 5.41. The lowest BCUT2D eigenvalue weighted by molar-refractivity contribution is -0.120. The molecule has 0 saturated carbocycles. The van der Waals surface area contributed by atoms with E-state index in [1.165, 1.54) is 11.3 Å². The first-order chi connectivity index (χ1) is 13.6. The number of rotatable bonds is 5. The molecule has 0 spiro atoms. The zero-order valence-corrected chi connectivity index (χ0v) is 15.9. The Morgan fingerprint density at radius 1 is 1.21 bits per heavy atom. The number of thiazole rings is 1. The molecule has 8 heteroatoms. The molecule has 3 aromatic rings. The van der Waals surface area contributed by atoms with Gasteiger partial charge in [-0.25, -0.2) is 4.98 Å². The quantitative estimate of drug-likeness (QED) is 0.689. The number of carbonyl (C=O) groups is 2. The van der Waals surface area contributed by atoms with Gasteiger partial charge in [-0.05, 0) is 37.1 Å². The number of nitrogens with zero attached hydrogens (tertiary/aromatic N) is 2. The van der Waals surface area contributed by atoms with Gasteiger partial charge in [0.05, 0.1) is 6.26 Å². The average molecular weight is 396 g/mol. The summed E-state index contributed by atoms with van der Waals surface area (Å²) in [4.78, 5) is 30.2. The van der Waals surface area contributed by atoms with E-state index in [1.54, 1.807) is 11.6 Å². The summed E-state index contributed by atoms with van der Waals surface area (Å²) in [6, 6.07) is 11.4. The van der Waals surface area contributed by atoms with Crippen molar-refractivity contribution >= 4 is 34.0 Å². The number of nitrogens with one attached hydrogen (secondary N) is 1. The van der Waals surface area contributed by atoms with E-state index in [1.807, 2.05) is 36.4 Å². The lowest BCUT2D eigenvalue weighted by Crippen LogP contribution is -2.38. The van der Waals surface area contributed by atoms with Crippen LogP contribution in [0, 0.1) is 5.92 Å². The molecule has 4 rings (SSSR count). The van der Waals surface area contributed by atoms with E-state index in [4.69, 9.17) is 10.2 Å². The summed E-state index contributed by atoms with van der Waals surface area (Å²) in [5.74, 6) is 0.212. The van der Waals surface area contributed by atoms with Crippen LogP contribution in [0.5, 0.6) is 0 Å². The van der Waals surface area contributed by atoms with E-state index in [-0.39, 0.29) is 17.5 Å². The number of anilines is 2. The van der Waals surface area contributed by atoms with Gasteiger partial charge in [0.1, 0.15) is 11.5 Å². The maximum absolute atomic E-state index is 12.7. The summed E-state index contributed by atoms with van der Waals surface area (Å²) in [6.07, 6.45) is 3.09. The van der Waals surface area contributed by atoms with Gasteiger partial charge in [-0.1, -0.05) is 12.1 Å². The third kappa shape index (κ3) is 3.91. The van der Waals surface area contributed by atoms with Crippen molar-refractivity contribution in [2.24, 2.45) is 11.7 Å². The molecule has 3 N–H and O–H groups in total. The molecule has 0 bridgehead atoms. The molecule has 0 aliphatic carbocycles. The highest BCUT2D eigenvalue weighted by atomic mass is 32.1. The zero-order valence-electron chi connectivity index (χ0n) is 15.1. The Bertz CT molecular complexity index is 975. The molecular weight excluding hydrogens is 376 g/mol. The van der Waals surface area contributed by atoms with Crippen molar-refractivity contribution in [2.45, 2.75) is 12.8 Å². The summed E-state index contributed by atoms with van der Waals surface area (Å²) in [5, 5.41) is 5.46. The van der Waals surface area contributed by atoms with Gasteiger partial charge in [0.15, 0.2) is 5.13 Å². The third-order valence-corrected chi connectivity index (χ3v) is 5.72. The van der Waals surface area contributed by atoms with E-state index in [2.05, 4.69) is 15.2 Å². The maximum atomic E-state index is 12.7. The lowest BCUT2D eigenvalue weighted by atomic mass is 9.96. The number of carbonyl (C=O) groups excluding carboxylic acids is 2. The topological polar surface area (TPSA) is 101 Å². The molecule has 1 fully saturated rings. The van der Waals surface area contributed by atoms with Crippen LogP contribution in [-0.4, -0.2) is 29.9 Å². The van der Waals surface area contributed by atoms with E-state index in [0.29, 0.717) is 0 Å². The summed E-state index contributed by atoms with van der Waals surface area (Å²) in [6.45, 7) is 1.44. The van der Waals surface area contributed by atoms with Gasteiger partial charge in [-0.15, -0.1) is 11.3 Å². The summed E-state index contributed by atoms with van der Waals surface area (Å²) in [5.41, 5.74) is 7.23. The lowest BCUT2D eigenvalue weighted by Gasteiger charge is -2.31. The van der Waals surface area contributed by atoms with Crippen LogP contribution < -0.4 is 16.0 Å². The van der Waals surface area contributed by atoms with Gasteiger partial charge in [-0.3, -0.25) is 9.59 Å². The molecule has 7 nitrogen and oxygen atoms in total. The van der Waals surface area contributed by atoms with Crippen LogP contribution in [0.25, 0.3) is 11.3 Å². The number of piperidine rings is 1. The van der Waals surface area contributed by atoms with Gasteiger partial charge in [0.2, 0.25) is 5.91 Å². The second-order valence-electron chi connectivity index (χ2n) is 6.69. The number of furan rings is 1. The minimum atomic E-state index is -0.520. The Hall–Kier alpha value is -3.13. The predicted octanol–water partition coefficient (Wildman–Crippen LogP) is 3.36. The molecule has 0 radical (unpaired) electrons. The molecule has 3 heterocycles. The van der Waals surface area contributed by atoms with Crippen LogP contribution in [0.3, 0.4) is 0 Å². The zero-order chi connectivity index (χ0) is 19.5.